The van der Waals surface area contributed by atoms with Gasteiger partial charge in [-0.2, -0.15) is 0 Å². The Bertz CT molecular complexity index is 135. The Balaban J connectivity index is 3.48. The number of ether oxygens (including phenoxy) is 1. The molecule has 0 aliphatic rings. The van der Waals surface area contributed by atoms with E-state index in [4.69, 9.17) is 16.0 Å². The molecule has 0 aromatic rings. The van der Waals surface area contributed by atoms with Crippen molar-refractivity contribution in [3.05, 3.63) is 0 Å². The fraction of sp³-hybridized carbons (Fsp3) is 1.00. The van der Waals surface area contributed by atoms with Gasteiger partial charge < -0.3 is 10.5 Å². The first-order valence-electron chi connectivity index (χ1n) is 4.97. The van der Waals surface area contributed by atoms with E-state index in [2.05, 4.69) is 0 Å². The summed E-state index contributed by atoms with van der Waals surface area (Å²) in [5, 5.41) is 0. The second kappa shape index (κ2) is 8.13. The SMILES string of the molecule is CCC(OC)[N+](=N)CCCCCN. The highest BCUT2D eigenvalue weighted by atomic mass is 16.5. The summed E-state index contributed by atoms with van der Waals surface area (Å²) in [6.07, 6.45) is 3.99. The lowest BCUT2D eigenvalue weighted by atomic mass is 10.2. The molecule has 0 aliphatic carbocycles. The number of hydrogen-bond donors (Lipinski definition) is 2. The summed E-state index contributed by atoms with van der Waals surface area (Å²) in [5.41, 5.74) is 13.0. The number of nitrogens with two attached hydrogens (primary N) is 1. The standard InChI is InChI=1S/C9H22N3O/c1-3-9(13-2)12(11)8-6-4-5-7-10/h9,11H,3-8,10H2,1-2H3/q+1. The quantitative estimate of drug-likeness (QED) is 0.263. The third kappa shape index (κ3) is 5.71. The van der Waals surface area contributed by atoms with Crippen LogP contribution in [0, 0.1) is 5.53 Å². The summed E-state index contributed by atoms with van der Waals surface area (Å²) in [4.78, 5) is 0. The maximum absolute atomic E-state index is 7.64. The van der Waals surface area contributed by atoms with E-state index in [0.717, 1.165) is 38.8 Å². The summed E-state index contributed by atoms with van der Waals surface area (Å²) in [7, 11) is 1.65. The van der Waals surface area contributed by atoms with E-state index in [1.807, 2.05) is 6.92 Å². The molecule has 3 N–H and O–H groups in total. The zero-order valence-electron chi connectivity index (χ0n) is 8.75. The average molecular weight is 188 g/mol. The van der Waals surface area contributed by atoms with E-state index >= 15 is 0 Å². The van der Waals surface area contributed by atoms with Crippen LogP contribution in [0.15, 0.2) is 0 Å². The smallest absolute Gasteiger partial charge is 0.281 e. The molecular formula is C9H22N3O+. The number of hydrogen-bond acceptors (Lipinski definition) is 3. The van der Waals surface area contributed by atoms with E-state index in [9.17, 15) is 0 Å². The van der Waals surface area contributed by atoms with Gasteiger partial charge in [0.25, 0.3) is 6.23 Å². The predicted molar refractivity (Wildman–Crippen MR) is 51.8 cm³/mol. The minimum Gasteiger partial charge on any atom is -0.330 e. The number of nitrogens with zero attached hydrogens (tertiary/aromatic N) is 1. The first kappa shape index (κ1) is 12.5. The minimum absolute atomic E-state index is 0.0575. The van der Waals surface area contributed by atoms with Gasteiger partial charge in [-0.25, -0.2) is 0 Å². The van der Waals surface area contributed by atoms with Crippen LogP contribution in [0.4, 0.5) is 0 Å². The van der Waals surface area contributed by atoms with Gasteiger partial charge in [-0.05, 0) is 19.4 Å². The minimum atomic E-state index is -0.0575. The van der Waals surface area contributed by atoms with Gasteiger partial charge >= 0.3 is 0 Å². The van der Waals surface area contributed by atoms with Gasteiger partial charge in [-0.3, -0.25) is 0 Å². The first-order valence-corrected chi connectivity index (χ1v) is 4.97. The van der Waals surface area contributed by atoms with E-state index in [1.165, 1.54) is 4.70 Å². The van der Waals surface area contributed by atoms with Gasteiger partial charge in [0, 0.05) is 20.0 Å². The van der Waals surface area contributed by atoms with Gasteiger partial charge in [0.1, 0.15) is 0 Å². The molecule has 0 fully saturated rings. The molecule has 0 heterocycles. The molecule has 0 aliphatic heterocycles. The van der Waals surface area contributed by atoms with E-state index < -0.39 is 0 Å². The normalized spacial score (nSPS) is 12.8. The van der Waals surface area contributed by atoms with Crippen molar-refractivity contribution in [3.8, 4) is 0 Å². The molecule has 0 saturated heterocycles. The number of rotatable bonds is 8. The lowest BCUT2D eigenvalue weighted by Crippen LogP contribution is -2.26. The number of nitrogens with one attached hydrogen (secondary N) is 1. The molecular weight excluding hydrogens is 166 g/mol. The molecule has 0 aromatic carbocycles. The lowest BCUT2D eigenvalue weighted by molar-refractivity contribution is -0.685. The Hall–Kier alpha value is -0.480. The van der Waals surface area contributed by atoms with Crippen LogP contribution in [-0.4, -0.2) is 31.1 Å². The molecule has 0 aromatic heterocycles. The van der Waals surface area contributed by atoms with Gasteiger partial charge in [-0.15, -0.1) is 4.70 Å². The van der Waals surface area contributed by atoms with Crippen molar-refractivity contribution >= 4 is 0 Å². The average Bonchev–Trinajstić information content (AvgIpc) is 2.14. The highest BCUT2D eigenvalue weighted by Crippen LogP contribution is 2.01. The Morgan fingerprint density at radius 1 is 1.38 bits per heavy atom. The van der Waals surface area contributed by atoms with Crippen LogP contribution in [0.1, 0.15) is 32.6 Å². The summed E-state index contributed by atoms with van der Waals surface area (Å²) in [5.74, 6) is 0. The summed E-state index contributed by atoms with van der Waals surface area (Å²) in [6, 6.07) is 0. The molecule has 4 nitrogen and oxygen atoms in total. The Labute approximate surface area is 80.6 Å². The van der Waals surface area contributed by atoms with Crippen molar-refractivity contribution in [2.24, 2.45) is 5.73 Å². The van der Waals surface area contributed by atoms with Crippen LogP contribution in [0.25, 0.3) is 0 Å². The first-order chi connectivity index (χ1) is 6.26. The molecule has 1 unspecified atom stereocenters. The summed E-state index contributed by atoms with van der Waals surface area (Å²) >= 11 is 0. The third-order valence-electron chi connectivity index (χ3n) is 2.07. The van der Waals surface area contributed by atoms with Crippen molar-refractivity contribution in [3.63, 3.8) is 0 Å². The molecule has 0 spiro atoms. The number of unbranched alkanes of at least 4 members (excludes halogenated alkanes) is 2. The topological polar surface area (TPSA) is 62.1 Å². The van der Waals surface area contributed by atoms with E-state index in [-0.39, 0.29) is 6.23 Å². The van der Waals surface area contributed by atoms with Crippen LogP contribution in [-0.2, 0) is 4.74 Å². The van der Waals surface area contributed by atoms with E-state index in [1.54, 1.807) is 7.11 Å². The van der Waals surface area contributed by atoms with Crippen molar-refractivity contribution in [1.82, 2.24) is 0 Å². The van der Waals surface area contributed by atoms with Crippen molar-refractivity contribution in [2.75, 3.05) is 20.2 Å². The fourth-order valence-electron chi connectivity index (χ4n) is 1.26. The summed E-state index contributed by atoms with van der Waals surface area (Å²) < 4.78 is 6.64. The second-order valence-corrected chi connectivity index (χ2v) is 3.14. The highest BCUT2D eigenvalue weighted by molar-refractivity contribution is 4.41. The Morgan fingerprint density at radius 2 is 2.08 bits per heavy atom. The van der Waals surface area contributed by atoms with Crippen LogP contribution < -0.4 is 5.73 Å². The molecule has 0 radical (unpaired) electrons. The van der Waals surface area contributed by atoms with Crippen molar-refractivity contribution in [2.45, 2.75) is 38.8 Å². The van der Waals surface area contributed by atoms with Gasteiger partial charge in [-0.1, -0.05) is 12.5 Å². The lowest BCUT2D eigenvalue weighted by Gasteiger charge is -2.07. The van der Waals surface area contributed by atoms with Gasteiger partial charge in [0.05, 0.1) is 0 Å². The molecule has 0 rings (SSSR count). The van der Waals surface area contributed by atoms with Gasteiger partial charge in [0.15, 0.2) is 6.54 Å². The Kier molecular flexibility index (Phi) is 7.83. The molecule has 13 heavy (non-hydrogen) atoms. The molecule has 0 amide bonds. The maximum atomic E-state index is 7.64. The molecule has 78 valence electrons. The second-order valence-electron chi connectivity index (χ2n) is 3.14. The predicted octanol–water partition coefficient (Wildman–Crippen LogP) is 1.54. The summed E-state index contributed by atoms with van der Waals surface area (Å²) in [6.45, 7) is 3.54. The van der Waals surface area contributed by atoms with Crippen LogP contribution in [0.2, 0.25) is 0 Å². The van der Waals surface area contributed by atoms with Crippen molar-refractivity contribution < 1.29 is 9.43 Å². The molecule has 4 heteroatoms. The zero-order valence-corrected chi connectivity index (χ0v) is 8.75. The molecule has 0 bridgehead atoms. The van der Waals surface area contributed by atoms with Crippen LogP contribution in [0.3, 0.4) is 0 Å². The third-order valence-corrected chi connectivity index (χ3v) is 2.07. The van der Waals surface area contributed by atoms with Crippen LogP contribution >= 0.6 is 0 Å². The zero-order chi connectivity index (χ0) is 10.1. The number of methoxy groups -OCH3 is 1. The monoisotopic (exact) mass is 188 g/mol. The van der Waals surface area contributed by atoms with E-state index in [0.29, 0.717) is 0 Å². The van der Waals surface area contributed by atoms with Crippen LogP contribution in [0.5, 0.6) is 0 Å². The van der Waals surface area contributed by atoms with Gasteiger partial charge in [0.2, 0.25) is 0 Å². The fourth-order valence-corrected chi connectivity index (χ4v) is 1.26. The maximum Gasteiger partial charge on any atom is 0.281 e. The Morgan fingerprint density at radius 3 is 2.54 bits per heavy atom. The molecule has 0 saturated carbocycles. The van der Waals surface area contributed by atoms with Crippen molar-refractivity contribution in [1.29, 1.82) is 5.53 Å². The molecule has 1 atom stereocenters. The highest BCUT2D eigenvalue weighted by Gasteiger charge is 2.16. The largest absolute Gasteiger partial charge is 0.330 e.